The zero-order chi connectivity index (χ0) is 16.4. The fraction of sp³-hybridized carbons (Fsp3) is 0.500. The number of likely N-dealkylation sites (N-methyl/N-ethyl adjacent to an activating group) is 1. The van der Waals surface area contributed by atoms with Crippen molar-refractivity contribution in [3.63, 3.8) is 0 Å². The highest BCUT2D eigenvalue weighted by Crippen LogP contribution is 2.24. The van der Waals surface area contributed by atoms with E-state index in [-0.39, 0.29) is 0 Å². The van der Waals surface area contributed by atoms with Gasteiger partial charge in [0.15, 0.2) is 0 Å². The molecule has 7 heteroatoms. The lowest BCUT2D eigenvalue weighted by atomic mass is 10.1. The second-order valence-electron chi connectivity index (χ2n) is 7.25. The third-order valence-corrected chi connectivity index (χ3v) is 5.66. The lowest BCUT2D eigenvalue weighted by molar-refractivity contribution is 0.0899. The largest absolute Gasteiger partial charge is 0.361 e. The molecule has 0 unspecified atom stereocenters. The van der Waals surface area contributed by atoms with E-state index in [2.05, 4.69) is 45.7 Å². The van der Waals surface area contributed by atoms with Gasteiger partial charge in [0.05, 0.1) is 5.69 Å². The predicted molar refractivity (Wildman–Crippen MR) is 95.4 cm³/mol. The number of ether oxygens (including phenoxy) is 1. The number of rotatable bonds is 6. The average molecular weight is 331 g/mol. The van der Waals surface area contributed by atoms with E-state index in [1.165, 1.54) is 11.6 Å². The number of hydrazine groups is 1. The van der Waals surface area contributed by atoms with Crippen LogP contribution in [0.2, 0.25) is 25.7 Å². The van der Waals surface area contributed by atoms with E-state index in [1.54, 1.807) is 6.33 Å². The quantitative estimate of drug-likeness (QED) is 0.651. The smallest absolute Gasteiger partial charge is 0.145 e. The molecule has 0 atom stereocenters. The molecule has 1 aliphatic heterocycles. The average Bonchev–Trinajstić information content (AvgIpc) is 3.09. The van der Waals surface area contributed by atoms with Gasteiger partial charge in [-0.2, -0.15) is 0 Å². The molecule has 6 nitrogen and oxygen atoms in total. The van der Waals surface area contributed by atoms with Crippen LogP contribution in [0.15, 0.2) is 24.8 Å². The van der Waals surface area contributed by atoms with E-state index >= 15 is 0 Å². The zero-order valence-corrected chi connectivity index (χ0v) is 15.3. The normalized spacial score (nSPS) is 15.9. The fourth-order valence-electron chi connectivity index (χ4n) is 2.58. The van der Waals surface area contributed by atoms with Gasteiger partial charge in [0.2, 0.25) is 0 Å². The Kier molecular flexibility index (Phi) is 4.52. The Morgan fingerprint density at radius 3 is 2.83 bits per heavy atom. The van der Waals surface area contributed by atoms with E-state index < -0.39 is 8.07 Å². The summed E-state index contributed by atoms with van der Waals surface area (Å²) in [6.45, 7) is 9.28. The van der Waals surface area contributed by atoms with Crippen molar-refractivity contribution < 1.29 is 4.74 Å². The molecule has 0 fully saturated rings. The van der Waals surface area contributed by atoms with Crippen molar-refractivity contribution in [3.8, 4) is 0 Å². The zero-order valence-electron chi connectivity index (χ0n) is 14.3. The van der Waals surface area contributed by atoms with Gasteiger partial charge < -0.3 is 14.7 Å². The summed E-state index contributed by atoms with van der Waals surface area (Å²) < 4.78 is 7.90. The van der Waals surface area contributed by atoms with Crippen LogP contribution in [-0.2, 0) is 11.5 Å². The molecule has 1 aliphatic rings. The number of hydrogen-bond acceptors (Lipinski definition) is 5. The molecule has 3 heterocycles. The summed E-state index contributed by atoms with van der Waals surface area (Å²) in [6.07, 6.45) is 5.67. The summed E-state index contributed by atoms with van der Waals surface area (Å²) in [5, 5.41) is 3.10. The summed E-state index contributed by atoms with van der Waals surface area (Å²) in [7, 11) is 0.968. The molecule has 0 saturated heterocycles. The minimum atomic E-state index is -1.05. The molecule has 0 aromatic carbocycles. The van der Waals surface area contributed by atoms with Gasteiger partial charge in [-0.25, -0.2) is 15.0 Å². The Morgan fingerprint density at radius 2 is 2.13 bits per heavy atom. The minimum absolute atomic E-state index is 0.543. The molecule has 23 heavy (non-hydrogen) atoms. The van der Waals surface area contributed by atoms with Gasteiger partial charge in [0, 0.05) is 51.6 Å². The van der Waals surface area contributed by atoms with Gasteiger partial charge in [-0.1, -0.05) is 19.6 Å². The highest BCUT2D eigenvalue weighted by atomic mass is 28.3. The van der Waals surface area contributed by atoms with E-state index in [9.17, 15) is 0 Å². The Hall–Kier alpha value is -1.70. The topological polar surface area (TPSA) is 55.2 Å². The molecule has 0 amide bonds. The molecule has 2 aromatic heterocycles. The number of hydrogen-bond donors (Lipinski definition) is 1. The molecular formula is C16H25N5OSi. The first-order valence-corrected chi connectivity index (χ1v) is 11.7. The molecule has 0 radical (unpaired) electrons. The number of aromatic nitrogens is 3. The molecule has 1 N–H and O–H groups in total. The summed E-state index contributed by atoms with van der Waals surface area (Å²) in [4.78, 5) is 8.91. The maximum Gasteiger partial charge on any atom is 0.145 e. The van der Waals surface area contributed by atoms with E-state index in [4.69, 9.17) is 4.74 Å². The Balaban J connectivity index is 1.74. The summed E-state index contributed by atoms with van der Waals surface area (Å²) in [6, 6.07) is 3.25. The molecule has 0 spiro atoms. The van der Waals surface area contributed by atoms with Gasteiger partial charge in [-0.15, -0.1) is 0 Å². The molecule has 3 rings (SSSR count). The van der Waals surface area contributed by atoms with Gasteiger partial charge in [-0.05, 0) is 12.1 Å². The fourth-order valence-corrected chi connectivity index (χ4v) is 3.34. The summed E-state index contributed by atoms with van der Waals surface area (Å²) in [5.41, 5.74) is 6.28. The van der Waals surface area contributed by atoms with Gasteiger partial charge >= 0.3 is 0 Å². The second kappa shape index (κ2) is 6.43. The monoisotopic (exact) mass is 331 g/mol. The molecule has 0 saturated carbocycles. The molecule has 0 bridgehead atoms. The number of nitrogens with zero attached hydrogens (tertiary/aromatic N) is 4. The van der Waals surface area contributed by atoms with Crippen molar-refractivity contribution in [1.29, 1.82) is 0 Å². The standard InChI is InChI=1S/C16H25N5OSi/c1-20-10-13(9-19-20)15-14-5-6-21(16(14)18-11-17-15)12-22-7-8-23(2,3)4/h5-6,9,11,19H,7-8,10,12H2,1-4H3. The van der Waals surface area contributed by atoms with Crippen LogP contribution in [0, 0.1) is 0 Å². The van der Waals surface area contributed by atoms with Crippen LogP contribution in [0.5, 0.6) is 0 Å². The first kappa shape index (κ1) is 16.2. The van der Waals surface area contributed by atoms with Crippen molar-refractivity contribution >= 4 is 24.7 Å². The van der Waals surface area contributed by atoms with E-state index in [0.29, 0.717) is 6.73 Å². The Bertz CT molecular complexity index is 719. The molecule has 0 aliphatic carbocycles. The van der Waals surface area contributed by atoms with Crippen LogP contribution in [-0.4, -0.2) is 47.8 Å². The van der Waals surface area contributed by atoms with Crippen LogP contribution in [0.25, 0.3) is 16.6 Å². The predicted octanol–water partition coefficient (Wildman–Crippen LogP) is 2.53. The van der Waals surface area contributed by atoms with Crippen LogP contribution >= 0.6 is 0 Å². The first-order chi connectivity index (χ1) is 10.9. The lowest BCUT2D eigenvalue weighted by Crippen LogP contribution is -2.24. The van der Waals surface area contributed by atoms with Gasteiger partial charge in [-0.3, -0.25) is 0 Å². The van der Waals surface area contributed by atoms with Crippen LogP contribution in [0.1, 0.15) is 5.69 Å². The molecular weight excluding hydrogens is 306 g/mol. The molecule has 2 aromatic rings. The SMILES string of the molecule is CN1CC(c2ncnc3c2ccn3COCC[Si](C)(C)C)=CN1. The van der Waals surface area contributed by atoms with Crippen LogP contribution < -0.4 is 5.43 Å². The van der Waals surface area contributed by atoms with Gasteiger partial charge in [0.1, 0.15) is 18.7 Å². The number of nitrogens with one attached hydrogen (secondary N) is 1. The molecule has 124 valence electrons. The van der Waals surface area contributed by atoms with Crippen molar-refractivity contribution in [1.82, 2.24) is 25.0 Å². The maximum atomic E-state index is 5.85. The van der Waals surface area contributed by atoms with E-state index in [0.717, 1.165) is 29.9 Å². The van der Waals surface area contributed by atoms with Crippen molar-refractivity contribution in [2.75, 3.05) is 20.2 Å². The minimum Gasteiger partial charge on any atom is -0.361 e. The van der Waals surface area contributed by atoms with Crippen molar-refractivity contribution in [3.05, 3.63) is 30.5 Å². The van der Waals surface area contributed by atoms with Crippen molar-refractivity contribution in [2.45, 2.75) is 32.4 Å². The lowest BCUT2D eigenvalue weighted by Gasteiger charge is -2.15. The Labute approximate surface area is 138 Å². The second-order valence-corrected chi connectivity index (χ2v) is 12.9. The third kappa shape index (κ3) is 3.80. The highest BCUT2D eigenvalue weighted by Gasteiger charge is 2.17. The van der Waals surface area contributed by atoms with Gasteiger partial charge in [0.25, 0.3) is 0 Å². The van der Waals surface area contributed by atoms with Crippen molar-refractivity contribution in [2.24, 2.45) is 0 Å². The summed E-state index contributed by atoms with van der Waals surface area (Å²) >= 11 is 0. The highest BCUT2D eigenvalue weighted by molar-refractivity contribution is 6.76. The van der Waals surface area contributed by atoms with E-state index in [1.807, 2.05) is 24.5 Å². The maximum absolute atomic E-state index is 5.85. The third-order valence-electron chi connectivity index (χ3n) is 3.95. The summed E-state index contributed by atoms with van der Waals surface area (Å²) in [5.74, 6) is 0. The van der Waals surface area contributed by atoms with Crippen LogP contribution in [0.4, 0.5) is 0 Å². The number of fused-ring (bicyclic) bond motifs is 1. The Morgan fingerprint density at radius 1 is 1.30 bits per heavy atom. The first-order valence-electron chi connectivity index (χ1n) is 7.98. The van der Waals surface area contributed by atoms with Crippen LogP contribution in [0.3, 0.4) is 0 Å².